The zero-order valence-corrected chi connectivity index (χ0v) is 11.1. The van der Waals surface area contributed by atoms with Gasteiger partial charge in [0.05, 0.1) is 6.10 Å². The Labute approximate surface area is 111 Å². The quantitative estimate of drug-likeness (QED) is 0.750. The average Bonchev–Trinajstić information content (AvgIpc) is 2.39. The van der Waals surface area contributed by atoms with Crippen molar-refractivity contribution < 1.29 is 18.3 Å². The molecule has 2 N–H and O–H groups in total. The lowest BCUT2D eigenvalue weighted by atomic mass is 10.2. The van der Waals surface area contributed by atoms with Crippen molar-refractivity contribution in [1.29, 1.82) is 0 Å². The molecular weight excluding hydrogens is 257 g/mol. The highest BCUT2D eigenvalue weighted by Crippen LogP contribution is 2.17. The molecule has 0 radical (unpaired) electrons. The van der Waals surface area contributed by atoms with Crippen LogP contribution in [0.15, 0.2) is 12.1 Å². The van der Waals surface area contributed by atoms with Crippen molar-refractivity contribution in [1.82, 2.24) is 4.90 Å². The van der Waals surface area contributed by atoms with Crippen LogP contribution in [0, 0.1) is 17.5 Å². The van der Waals surface area contributed by atoms with Gasteiger partial charge in [-0.25, -0.2) is 13.2 Å². The SMILES string of the molecule is CCN(CC)CC(O)CNc1cc(F)c(F)c(F)c1. The van der Waals surface area contributed by atoms with E-state index in [0.717, 1.165) is 25.2 Å². The van der Waals surface area contributed by atoms with Gasteiger partial charge in [0, 0.05) is 30.9 Å². The summed E-state index contributed by atoms with van der Waals surface area (Å²) in [4.78, 5) is 2.03. The van der Waals surface area contributed by atoms with Gasteiger partial charge in [0.15, 0.2) is 17.5 Å². The Morgan fingerprint density at radius 2 is 1.68 bits per heavy atom. The molecule has 0 aromatic heterocycles. The lowest BCUT2D eigenvalue weighted by molar-refractivity contribution is 0.128. The van der Waals surface area contributed by atoms with Gasteiger partial charge in [0.25, 0.3) is 0 Å². The summed E-state index contributed by atoms with van der Waals surface area (Å²) in [7, 11) is 0. The average molecular weight is 276 g/mol. The minimum absolute atomic E-state index is 0.106. The number of rotatable bonds is 7. The highest BCUT2D eigenvalue weighted by atomic mass is 19.2. The van der Waals surface area contributed by atoms with Crippen LogP contribution in [-0.2, 0) is 0 Å². The third-order valence-corrected chi connectivity index (χ3v) is 2.89. The predicted octanol–water partition coefficient (Wildman–Crippen LogP) is 2.22. The summed E-state index contributed by atoms with van der Waals surface area (Å²) in [5, 5.41) is 12.5. The molecule has 1 unspecified atom stereocenters. The molecule has 0 bridgehead atoms. The van der Waals surface area contributed by atoms with Gasteiger partial charge in [-0.2, -0.15) is 0 Å². The number of hydrogen-bond donors (Lipinski definition) is 2. The molecule has 0 spiro atoms. The van der Waals surface area contributed by atoms with E-state index in [9.17, 15) is 18.3 Å². The largest absolute Gasteiger partial charge is 0.390 e. The van der Waals surface area contributed by atoms with Crippen molar-refractivity contribution in [2.24, 2.45) is 0 Å². The first-order valence-electron chi connectivity index (χ1n) is 6.26. The summed E-state index contributed by atoms with van der Waals surface area (Å²) in [6.07, 6.45) is -0.670. The monoisotopic (exact) mass is 276 g/mol. The summed E-state index contributed by atoms with van der Waals surface area (Å²) in [5.74, 6) is -3.99. The fourth-order valence-electron chi connectivity index (χ4n) is 1.74. The number of nitrogens with zero attached hydrogens (tertiary/aromatic N) is 1. The van der Waals surface area contributed by atoms with Crippen LogP contribution >= 0.6 is 0 Å². The Bertz CT molecular complexity index is 388. The highest BCUT2D eigenvalue weighted by Gasteiger charge is 2.12. The number of hydrogen-bond acceptors (Lipinski definition) is 3. The molecule has 0 saturated carbocycles. The highest BCUT2D eigenvalue weighted by molar-refractivity contribution is 5.44. The van der Waals surface area contributed by atoms with Crippen LogP contribution in [0.4, 0.5) is 18.9 Å². The topological polar surface area (TPSA) is 35.5 Å². The van der Waals surface area contributed by atoms with Crippen LogP contribution in [0.2, 0.25) is 0 Å². The minimum Gasteiger partial charge on any atom is -0.390 e. The van der Waals surface area contributed by atoms with Crippen molar-refractivity contribution in [3.05, 3.63) is 29.6 Å². The van der Waals surface area contributed by atoms with Crippen LogP contribution in [0.3, 0.4) is 0 Å². The van der Waals surface area contributed by atoms with Crippen molar-refractivity contribution in [3.8, 4) is 0 Å². The summed E-state index contributed by atoms with van der Waals surface area (Å²) in [6, 6.07) is 1.73. The summed E-state index contributed by atoms with van der Waals surface area (Å²) in [6.45, 7) is 6.19. The van der Waals surface area contributed by atoms with E-state index in [1.807, 2.05) is 18.7 Å². The van der Waals surface area contributed by atoms with Crippen LogP contribution in [-0.4, -0.2) is 42.3 Å². The molecule has 1 aromatic rings. The van der Waals surface area contributed by atoms with Gasteiger partial charge in [0.1, 0.15) is 0 Å². The Kier molecular flexibility index (Phi) is 6.11. The molecule has 1 atom stereocenters. The zero-order valence-electron chi connectivity index (χ0n) is 11.1. The van der Waals surface area contributed by atoms with Gasteiger partial charge >= 0.3 is 0 Å². The molecule has 0 aliphatic heterocycles. The molecule has 108 valence electrons. The molecule has 6 heteroatoms. The molecule has 0 heterocycles. The second-order valence-corrected chi connectivity index (χ2v) is 4.27. The molecular formula is C13H19F3N2O. The lowest BCUT2D eigenvalue weighted by Gasteiger charge is -2.22. The minimum atomic E-state index is -1.49. The maximum Gasteiger partial charge on any atom is 0.194 e. The van der Waals surface area contributed by atoms with Gasteiger partial charge in [-0.15, -0.1) is 0 Å². The molecule has 0 amide bonds. The zero-order chi connectivity index (χ0) is 14.4. The molecule has 0 aliphatic rings. The smallest absolute Gasteiger partial charge is 0.194 e. The Hall–Kier alpha value is -1.27. The number of halogens is 3. The number of likely N-dealkylation sites (N-methyl/N-ethyl adjacent to an activating group) is 1. The predicted molar refractivity (Wildman–Crippen MR) is 68.6 cm³/mol. The number of anilines is 1. The van der Waals surface area contributed by atoms with Crippen LogP contribution in [0.1, 0.15) is 13.8 Å². The van der Waals surface area contributed by atoms with Crippen LogP contribution in [0.25, 0.3) is 0 Å². The third kappa shape index (κ3) is 4.72. The first-order valence-corrected chi connectivity index (χ1v) is 6.26. The second kappa shape index (κ2) is 7.35. The standard InChI is InChI=1S/C13H19F3N2O/c1-3-18(4-2)8-10(19)7-17-9-5-11(14)13(16)12(15)6-9/h5-6,10,17,19H,3-4,7-8H2,1-2H3. The van der Waals surface area contributed by atoms with E-state index in [0.29, 0.717) is 6.54 Å². The summed E-state index contributed by atoms with van der Waals surface area (Å²) >= 11 is 0. The van der Waals surface area contributed by atoms with Gasteiger partial charge in [-0.1, -0.05) is 13.8 Å². The first-order chi connectivity index (χ1) is 8.97. The van der Waals surface area contributed by atoms with E-state index in [1.54, 1.807) is 0 Å². The Morgan fingerprint density at radius 3 is 2.16 bits per heavy atom. The second-order valence-electron chi connectivity index (χ2n) is 4.27. The molecule has 3 nitrogen and oxygen atoms in total. The Morgan fingerprint density at radius 1 is 1.16 bits per heavy atom. The molecule has 1 rings (SSSR count). The molecule has 0 saturated heterocycles. The number of nitrogens with one attached hydrogen (secondary N) is 1. The van der Waals surface area contributed by atoms with Gasteiger partial charge in [0.2, 0.25) is 0 Å². The van der Waals surface area contributed by atoms with Gasteiger partial charge < -0.3 is 15.3 Å². The van der Waals surface area contributed by atoms with Crippen molar-refractivity contribution in [3.63, 3.8) is 0 Å². The Balaban J connectivity index is 2.52. The fourth-order valence-corrected chi connectivity index (χ4v) is 1.74. The van der Waals surface area contributed by atoms with Gasteiger partial charge in [-0.3, -0.25) is 0 Å². The molecule has 0 fully saturated rings. The summed E-state index contributed by atoms with van der Waals surface area (Å²) in [5.41, 5.74) is 0.106. The first kappa shape index (κ1) is 15.8. The van der Waals surface area contributed by atoms with E-state index in [4.69, 9.17) is 0 Å². The number of aliphatic hydroxyl groups excluding tert-OH is 1. The maximum absolute atomic E-state index is 13.0. The number of benzene rings is 1. The van der Waals surface area contributed by atoms with Gasteiger partial charge in [-0.05, 0) is 13.1 Å². The van der Waals surface area contributed by atoms with Crippen LogP contribution < -0.4 is 5.32 Å². The summed E-state index contributed by atoms with van der Waals surface area (Å²) < 4.78 is 38.7. The van der Waals surface area contributed by atoms with Crippen molar-refractivity contribution >= 4 is 5.69 Å². The molecule has 1 aromatic carbocycles. The van der Waals surface area contributed by atoms with Crippen molar-refractivity contribution in [2.45, 2.75) is 20.0 Å². The fraction of sp³-hybridized carbons (Fsp3) is 0.538. The van der Waals surface area contributed by atoms with E-state index < -0.39 is 23.6 Å². The van der Waals surface area contributed by atoms with Crippen molar-refractivity contribution in [2.75, 3.05) is 31.5 Å². The van der Waals surface area contributed by atoms with E-state index in [2.05, 4.69) is 5.32 Å². The van der Waals surface area contributed by atoms with E-state index in [1.165, 1.54) is 0 Å². The normalized spacial score (nSPS) is 12.8. The molecule has 19 heavy (non-hydrogen) atoms. The maximum atomic E-state index is 13.0. The van der Waals surface area contributed by atoms with Crippen LogP contribution in [0.5, 0.6) is 0 Å². The number of aliphatic hydroxyl groups is 1. The van der Waals surface area contributed by atoms with E-state index in [-0.39, 0.29) is 12.2 Å². The van der Waals surface area contributed by atoms with E-state index >= 15 is 0 Å². The third-order valence-electron chi connectivity index (χ3n) is 2.89. The lowest BCUT2D eigenvalue weighted by Crippen LogP contribution is -2.35. The molecule has 0 aliphatic carbocycles.